The van der Waals surface area contributed by atoms with Crippen LogP contribution in [0.3, 0.4) is 0 Å². The maximum absolute atomic E-state index is 12.0. The predicted molar refractivity (Wildman–Crippen MR) is 71.0 cm³/mol. The molecule has 1 N–H and O–H groups in total. The first-order valence-electron chi connectivity index (χ1n) is 6.59. The lowest BCUT2D eigenvalue weighted by Gasteiger charge is -2.47. The lowest BCUT2D eigenvalue weighted by Crippen LogP contribution is -2.68. The summed E-state index contributed by atoms with van der Waals surface area (Å²) in [5.74, 6) is -1.55. The van der Waals surface area contributed by atoms with Crippen molar-refractivity contribution in [2.24, 2.45) is 5.92 Å². The molecule has 0 saturated carbocycles. The first-order chi connectivity index (χ1) is 9.43. The number of ether oxygens (including phenoxy) is 1. The molecule has 2 aliphatic rings. The summed E-state index contributed by atoms with van der Waals surface area (Å²) < 4.78 is 4.86. The fraction of sp³-hybridized carbons (Fsp3) is 0.467. The highest BCUT2D eigenvalue weighted by Gasteiger charge is 2.89. The summed E-state index contributed by atoms with van der Waals surface area (Å²) in [6.07, 6.45) is 0. The van der Waals surface area contributed by atoms with Crippen LogP contribution < -0.4 is 0 Å². The number of nitrogens with zero attached hydrogens (tertiary/aromatic N) is 1. The summed E-state index contributed by atoms with van der Waals surface area (Å²) in [6, 6.07) is 9.18. The van der Waals surface area contributed by atoms with Crippen LogP contribution in [0.5, 0.6) is 0 Å². The van der Waals surface area contributed by atoms with Crippen molar-refractivity contribution < 1.29 is 19.4 Å². The molecule has 0 spiro atoms. The minimum absolute atomic E-state index is 0.264. The van der Waals surface area contributed by atoms with Crippen molar-refractivity contribution in [3.63, 3.8) is 0 Å². The van der Waals surface area contributed by atoms with Crippen LogP contribution in [0.2, 0.25) is 0 Å². The number of rotatable bonds is 3. The first kappa shape index (κ1) is 13.1. The van der Waals surface area contributed by atoms with Gasteiger partial charge in [-0.15, -0.1) is 0 Å². The zero-order valence-corrected chi connectivity index (χ0v) is 11.7. The summed E-state index contributed by atoms with van der Waals surface area (Å²) in [6.45, 7) is 3.57. The van der Waals surface area contributed by atoms with Gasteiger partial charge in [-0.1, -0.05) is 37.3 Å². The Hall–Kier alpha value is -1.88. The minimum atomic E-state index is -0.968. The highest BCUT2D eigenvalue weighted by molar-refractivity contribution is 5.96. The number of aliphatic carboxylic acids is 1. The molecule has 0 aliphatic carbocycles. The average Bonchev–Trinajstić information content (AvgIpc) is 3.14. The van der Waals surface area contributed by atoms with Gasteiger partial charge in [0.1, 0.15) is 11.1 Å². The van der Waals surface area contributed by atoms with Gasteiger partial charge < -0.3 is 9.84 Å². The number of carboxylic acids is 1. The van der Waals surface area contributed by atoms with Crippen LogP contribution in [-0.4, -0.2) is 40.1 Å². The molecule has 3 rings (SSSR count). The zero-order valence-electron chi connectivity index (χ0n) is 11.7. The second-order valence-corrected chi connectivity index (χ2v) is 5.67. The predicted octanol–water partition coefficient (Wildman–Crippen LogP) is 1.45. The highest BCUT2D eigenvalue weighted by Crippen LogP contribution is 2.73. The number of hydrogen-bond acceptors (Lipinski definition) is 4. The summed E-state index contributed by atoms with van der Waals surface area (Å²) in [7, 11) is 1.34. The van der Waals surface area contributed by atoms with Crippen molar-refractivity contribution in [2.75, 3.05) is 7.11 Å². The van der Waals surface area contributed by atoms with E-state index in [1.807, 2.05) is 37.3 Å². The van der Waals surface area contributed by atoms with Gasteiger partial charge in [0, 0.05) is 5.92 Å². The summed E-state index contributed by atoms with van der Waals surface area (Å²) in [4.78, 5) is 25.6. The molecule has 0 aromatic heterocycles. The van der Waals surface area contributed by atoms with Gasteiger partial charge >= 0.3 is 11.9 Å². The van der Waals surface area contributed by atoms with E-state index in [9.17, 15) is 14.7 Å². The summed E-state index contributed by atoms with van der Waals surface area (Å²) in [5, 5.41) is 9.63. The van der Waals surface area contributed by atoms with Crippen LogP contribution in [0, 0.1) is 5.92 Å². The first-order valence-corrected chi connectivity index (χ1v) is 6.59. The number of esters is 1. The van der Waals surface area contributed by atoms with E-state index in [1.165, 1.54) is 7.11 Å². The molecule has 2 aliphatic heterocycles. The van der Waals surface area contributed by atoms with Crippen molar-refractivity contribution in [2.45, 2.75) is 31.0 Å². The Morgan fingerprint density at radius 3 is 2.40 bits per heavy atom. The number of carbonyl (C=O) groups excluding carboxylic acids is 1. The van der Waals surface area contributed by atoms with Gasteiger partial charge in [0.05, 0.1) is 13.2 Å². The van der Waals surface area contributed by atoms with Crippen LogP contribution in [0.1, 0.15) is 25.5 Å². The molecule has 5 atom stereocenters. The van der Waals surface area contributed by atoms with Crippen molar-refractivity contribution in [1.29, 1.82) is 0 Å². The summed E-state index contributed by atoms with van der Waals surface area (Å²) >= 11 is 0. The fourth-order valence-corrected chi connectivity index (χ4v) is 3.90. The van der Waals surface area contributed by atoms with E-state index in [2.05, 4.69) is 0 Å². The van der Waals surface area contributed by atoms with Gasteiger partial charge in [-0.3, -0.25) is 14.5 Å². The quantitative estimate of drug-likeness (QED) is 0.668. The van der Waals surface area contributed by atoms with Crippen LogP contribution in [-0.2, 0) is 14.3 Å². The number of benzene rings is 1. The Balaban J connectivity index is 2.04. The van der Waals surface area contributed by atoms with Gasteiger partial charge in [-0.25, -0.2) is 0 Å². The summed E-state index contributed by atoms with van der Waals surface area (Å²) in [5.41, 5.74) is -0.910. The molecule has 5 unspecified atom stereocenters. The number of hydrogen-bond donors (Lipinski definition) is 1. The third-order valence-electron chi connectivity index (χ3n) is 5.07. The van der Waals surface area contributed by atoms with Crippen LogP contribution in [0.4, 0.5) is 0 Å². The third-order valence-corrected chi connectivity index (χ3v) is 5.07. The zero-order chi connectivity index (χ0) is 14.7. The second-order valence-electron chi connectivity index (χ2n) is 5.67. The number of carboxylic acid groups (broad SMARTS) is 1. The van der Waals surface area contributed by atoms with Crippen molar-refractivity contribution in [1.82, 2.24) is 4.90 Å². The van der Waals surface area contributed by atoms with E-state index in [4.69, 9.17) is 4.74 Å². The molecule has 1 aromatic rings. The van der Waals surface area contributed by atoms with E-state index in [1.54, 1.807) is 11.8 Å². The van der Waals surface area contributed by atoms with Crippen molar-refractivity contribution >= 4 is 11.9 Å². The largest absolute Gasteiger partial charge is 0.480 e. The van der Waals surface area contributed by atoms with E-state index in [0.29, 0.717) is 0 Å². The van der Waals surface area contributed by atoms with Crippen LogP contribution in [0.25, 0.3) is 0 Å². The Labute approximate surface area is 117 Å². The van der Waals surface area contributed by atoms with E-state index in [0.717, 1.165) is 5.56 Å². The molecular formula is C15H17NO4. The smallest absolute Gasteiger partial charge is 0.326 e. The minimum Gasteiger partial charge on any atom is -0.480 e. The maximum Gasteiger partial charge on any atom is 0.326 e. The number of carbonyl (C=O) groups is 2. The fourth-order valence-electron chi connectivity index (χ4n) is 3.90. The Bertz CT molecular complexity index is 587. The third kappa shape index (κ3) is 1.17. The molecule has 0 bridgehead atoms. The van der Waals surface area contributed by atoms with E-state index in [-0.39, 0.29) is 17.9 Å². The molecular weight excluding hydrogens is 258 g/mol. The Morgan fingerprint density at radius 2 is 1.90 bits per heavy atom. The average molecular weight is 275 g/mol. The molecule has 20 heavy (non-hydrogen) atoms. The Morgan fingerprint density at radius 1 is 1.30 bits per heavy atom. The van der Waals surface area contributed by atoms with Crippen LogP contribution in [0.15, 0.2) is 30.3 Å². The van der Waals surface area contributed by atoms with Crippen molar-refractivity contribution in [3.8, 4) is 0 Å². The van der Waals surface area contributed by atoms with Gasteiger partial charge in [-0.2, -0.15) is 0 Å². The molecule has 5 nitrogen and oxygen atoms in total. The lowest BCUT2D eigenvalue weighted by molar-refractivity contribution is -0.172. The lowest BCUT2D eigenvalue weighted by atomic mass is 9.69. The van der Waals surface area contributed by atoms with Gasteiger partial charge in [0.15, 0.2) is 0 Å². The van der Waals surface area contributed by atoms with E-state index < -0.39 is 17.0 Å². The molecule has 0 radical (unpaired) electrons. The molecule has 1 aromatic carbocycles. The molecule has 2 heterocycles. The Kier molecular flexibility index (Phi) is 2.51. The van der Waals surface area contributed by atoms with Gasteiger partial charge in [0.2, 0.25) is 0 Å². The normalized spacial score (nSPS) is 41.2. The highest BCUT2D eigenvalue weighted by atomic mass is 16.5. The number of fused-ring (bicyclic) bond motifs is 1. The standard InChI is InChI=1S/C15H17NO4/c1-9-14(2,13(19)20-3)16-11(15(9,16)12(17)18)10-7-5-4-6-8-10/h4-9,11H,1-3H3,(H,17,18). The topological polar surface area (TPSA) is 66.6 Å². The van der Waals surface area contributed by atoms with Gasteiger partial charge in [0.25, 0.3) is 0 Å². The van der Waals surface area contributed by atoms with Crippen LogP contribution >= 0.6 is 0 Å². The second kappa shape index (κ2) is 3.82. The maximum atomic E-state index is 12.0. The molecule has 2 fully saturated rings. The molecule has 0 amide bonds. The molecule has 106 valence electrons. The number of methoxy groups -OCH3 is 1. The van der Waals surface area contributed by atoms with Crippen molar-refractivity contribution in [3.05, 3.63) is 35.9 Å². The van der Waals surface area contributed by atoms with Gasteiger partial charge in [-0.05, 0) is 12.5 Å². The molecule has 5 heteroatoms. The molecule has 2 saturated heterocycles. The van der Waals surface area contributed by atoms with E-state index >= 15 is 0 Å². The monoisotopic (exact) mass is 275 g/mol. The SMILES string of the molecule is COC(=O)C1(C)C(C)C2(C(=O)O)C(c3ccccc3)N12.